The van der Waals surface area contributed by atoms with Crippen LogP contribution in [-0.4, -0.2) is 24.5 Å². The summed E-state index contributed by atoms with van der Waals surface area (Å²) in [6, 6.07) is 9.45. The summed E-state index contributed by atoms with van der Waals surface area (Å²) in [6.45, 7) is 12.3. The van der Waals surface area contributed by atoms with Crippen LogP contribution in [0.25, 0.3) is 0 Å². The quantitative estimate of drug-likeness (QED) is 0.905. The highest BCUT2D eigenvalue weighted by Crippen LogP contribution is 2.29. The highest BCUT2D eigenvalue weighted by Gasteiger charge is 2.27. The number of rotatable bonds is 4. The van der Waals surface area contributed by atoms with Crippen molar-refractivity contribution in [1.82, 2.24) is 4.90 Å². The summed E-state index contributed by atoms with van der Waals surface area (Å²) in [6.07, 6.45) is 1.35. The van der Waals surface area contributed by atoms with Gasteiger partial charge in [-0.1, -0.05) is 52.0 Å². The minimum Gasteiger partial charge on any atom is -0.329 e. The molecule has 1 aromatic carbocycles. The first-order valence-electron chi connectivity index (χ1n) is 8.05. The molecule has 1 aliphatic rings. The van der Waals surface area contributed by atoms with Gasteiger partial charge in [0, 0.05) is 25.7 Å². The van der Waals surface area contributed by atoms with E-state index in [-0.39, 0.29) is 0 Å². The molecule has 0 aromatic heterocycles. The third kappa shape index (κ3) is 3.62. The predicted octanol–water partition coefficient (Wildman–Crippen LogP) is 3.79. The molecule has 112 valence electrons. The van der Waals surface area contributed by atoms with Crippen molar-refractivity contribution in [3.05, 3.63) is 35.4 Å². The second kappa shape index (κ2) is 6.73. The number of nitrogens with zero attached hydrogens (tertiary/aromatic N) is 1. The lowest BCUT2D eigenvalue weighted by molar-refractivity contribution is 0.0984. The third-order valence-corrected chi connectivity index (χ3v) is 4.55. The first kappa shape index (κ1) is 15.5. The lowest BCUT2D eigenvalue weighted by Gasteiger charge is -2.40. The van der Waals surface area contributed by atoms with Crippen molar-refractivity contribution in [1.29, 1.82) is 0 Å². The zero-order valence-electron chi connectivity index (χ0n) is 13.5. The van der Waals surface area contributed by atoms with Crippen LogP contribution in [0.1, 0.15) is 57.2 Å². The normalized spacial score (nSPS) is 25.9. The number of hydrogen-bond donors (Lipinski definition) is 1. The second-order valence-corrected chi connectivity index (χ2v) is 6.97. The Hall–Kier alpha value is -0.860. The summed E-state index contributed by atoms with van der Waals surface area (Å²) in [5, 5.41) is 0. The number of nitrogens with two attached hydrogens (primary N) is 1. The van der Waals surface area contributed by atoms with Gasteiger partial charge >= 0.3 is 0 Å². The molecule has 20 heavy (non-hydrogen) atoms. The number of benzene rings is 1. The van der Waals surface area contributed by atoms with Gasteiger partial charge in [-0.25, -0.2) is 0 Å². The molecule has 0 saturated carbocycles. The smallest absolute Gasteiger partial charge is 0.0470 e. The second-order valence-electron chi connectivity index (χ2n) is 6.97. The highest BCUT2D eigenvalue weighted by atomic mass is 15.2. The number of likely N-dealkylation sites (tertiary alicyclic amines) is 1. The third-order valence-electron chi connectivity index (χ3n) is 4.55. The molecule has 1 aliphatic heterocycles. The summed E-state index contributed by atoms with van der Waals surface area (Å²) in [4.78, 5) is 2.59. The van der Waals surface area contributed by atoms with Gasteiger partial charge in [0.05, 0.1) is 0 Å². The molecule has 1 saturated heterocycles. The van der Waals surface area contributed by atoms with Crippen molar-refractivity contribution in [3.8, 4) is 0 Å². The molecule has 0 spiro atoms. The van der Waals surface area contributed by atoms with Crippen LogP contribution in [-0.2, 0) is 0 Å². The Morgan fingerprint density at radius 2 is 1.55 bits per heavy atom. The predicted molar refractivity (Wildman–Crippen MR) is 86.8 cm³/mol. The Labute approximate surface area is 124 Å². The van der Waals surface area contributed by atoms with Crippen molar-refractivity contribution in [2.75, 3.05) is 19.6 Å². The van der Waals surface area contributed by atoms with Gasteiger partial charge in [0.2, 0.25) is 0 Å². The van der Waals surface area contributed by atoms with Crippen LogP contribution in [0, 0.1) is 11.8 Å². The van der Waals surface area contributed by atoms with Gasteiger partial charge < -0.3 is 5.73 Å². The standard InChI is InChI=1S/C18H30N2/c1-13(2)16-5-7-17(8-6-16)18(10-19)20-11-14(3)9-15(4)12-20/h5-8,13-15,18H,9-12,19H2,1-4H3. The molecule has 2 rings (SSSR count). The minimum absolute atomic E-state index is 0.376. The Bertz CT molecular complexity index is 400. The number of piperidine rings is 1. The SMILES string of the molecule is CC1CC(C)CN(C(CN)c2ccc(C(C)C)cc2)C1. The van der Waals surface area contributed by atoms with Crippen LogP contribution in [0.4, 0.5) is 0 Å². The Morgan fingerprint density at radius 1 is 1.05 bits per heavy atom. The van der Waals surface area contributed by atoms with Crippen LogP contribution in [0.2, 0.25) is 0 Å². The Morgan fingerprint density at radius 3 is 2.00 bits per heavy atom. The zero-order chi connectivity index (χ0) is 14.7. The lowest BCUT2D eigenvalue weighted by Crippen LogP contribution is -2.43. The average molecular weight is 274 g/mol. The molecule has 2 nitrogen and oxygen atoms in total. The molecule has 0 radical (unpaired) electrons. The van der Waals surface area contributed by atoms with Crippen molar-refractivity contribution < 1.29 is 0 Å². The Kier molecular flexibility index (Phi) is 5.22. The van der Waals surface area contributed by atoms with Gasteiger partial charge in [-0.3, -0.25) is 4.90 Å². The molecule has 0 amide bonds. The topological polar surface area (TPSA) is 29.3 Å². The van der Waals surface area contributed by atoms with Crippen molar-refractivity contribution >= 4 is 0 Å². The molecule has 1 aromatic rings. The van der Waals surface area contributed by atoms with Crippen LogP contribution >= 0.6 is 0 Å². The molecule has 0 aliphatic carbocycles. The van der Waals surface area contributed by atoms with E-state index < -0.39 is 0 Å². The molecule has 2 heteroatoms. The molecule has 1 fully saturated rings. The van der Waals surface area contributed by atoms with E-state index in [1.165, 1.54) is 30.6 Å². The Balaban J connectivity index is 2.14. The first-order chi connectivity index (χ1) is 9.51. The van der Waals surface area contributed by atoms with Crippen molar-refractivity contribution in [3.63, 3.8) is 0 Å². The first-order valence-corrected chi connectivity index (χ1v) is 8.05. The van der Waals surface area contributed by atoms with Crippen LogP contribution < -0.4 is 5.73 Å². The highest BCUT2D eigenvalue weighted by molar-refractivity contribution is 5.27. The van der Waals surface area contributed by atoms with Gasteiger partial charge in [-0.05, 0) is 35.3 Å². The maximum atomic E-state index is 6.08. The van der Waals surface area contributed by atoms with E-state index in [2.05, 4.69) is 56.9 Å². The fraction of sp³-hybridized carbons (Fsp3) is 0.667. The molecule has 3 unspecified atom stereocenters. The summed E-state index contributed by atoms with van der Waals surface area (Å²) in [5.74, 6) is 2.15. The van der Waals surface area contributed by atoms with E-state index in [0.29, 0.717) is 18.5 Å². The van der Waals surface area contributed by atoms with Crippen LogP contribution in [0.3, 0.4) is 0 Å². The molecule has 2 N–H and O–H groups in total. The largest absolute Gasteiger partial charge is 0.329 e. The van der Waals surface area contributed by atoms with E-state index in [0.717, 1.165) is 11.8 Å². The van der Waals surface area contributed by atoms with Crippen LogP contribution in [0.15, 0.2) is 24.3 Å². The summed E-state index contributed by atoms with van der Waals surface area (Å²) < 4.78 is 0. The maximum absolute atomic E-state index is 6.08. The fourth-order valence-electron chi connectivity index (χ4n) is 3.56. The van der Waals surface area contributed by atoms with E-state index in [1.54, 1.807) is 0 Å². The monoisotopic (exact) mass is 274 g/mol. The van der Waals surface area contributed by atoms with Gasteiger partial charge in [-0.2, -0.15) is 0 Å². The van der Waals surface area contributed by atoms with Gasteiger partial charge in [-0.15, -0.1) is 0 Å². The molecule has 0 bridgehead atoms. The summed E-state index contributed by atoms with van der Waals surface area (Å²) in [7, 11) is 0. The minimum atomic E-state index is 0.376. The molecule has 1 heterocycles. The van der Waals surface area contributed by atoms with Crippen molar-refractivity contribution in [2.24, 2.45) is 17.6 Å². The van der Waals surface area contributed by atoms with E-state index in [4.69, 9.17) is 5.73 Å². The fourth-order valence-corrected chi connectivity index (χ4v) is 3.56. The van der Waals surface area contributed by atoms with Crippen molar-refractivity contribution in [2.45, 2.75) is 46.1 Å². The molecule has 3 atom stereocenters. The van der Waals surface area contributed by atoms with Crippen LogP contribution in [0.5, 0.6) is 0 Å². The summed E-state index contributed by atoms with van der Waals surface area (Å²) in [5.41, 5.74) is 8.86. The maximum Gasteiger partial charge on any atom is 0.0470 e. The average Bonchev–Trinajstić information content (AvgIpc) is 2.39. The molecular formula is C18H30N2. The number of hydrogen-bond acceptors (Lipinski definition) is 2. The van der Waals surface area contributed by atoms with E-state index in [9.17, 15) is 0 Å². The van der Waals surface area contributed by atoms with E-state index in [1.807, 2.05) is 0 Å². The zero-order valence-corrected chi connectivity index (χ0v) is 13.5. The summed E-state index contributed by atoms with van der Waals surface area (Å²) >= 11 is 0. The van der Waals surface area contributed by atoms with Gasteiger partial charge in [0.15, 0.2) is 0 Å². The van der Waals surface area contributed by atoms with Gasteiger partial charge in [0.1, 0.15) is 0 Å². The van der Waals surface area contributed by atoms with E-state index >= 15 is 0 Å². The van der Waals surface area contributed by atoms with Gasteiger partial charge in [0.25, 0.3) is 0 Å². The lowest BCUT2D eigenvalue weighted by atomic mass is 9.89. The molecular weight excluding hydrogens is 244 g/mol.